The first-order valence-corrected chi connectivity index (χ1v) is 8.82. The summed E-state index contributed by atoms with van der Waals surface area (Å²) < 4.78 is 4.95. The number of H-pyrrole nitrogens is 1. The minimum Gasteiger partial charge on any atom is -0.383 e. The number of methoxy groups -OCH3 is 1. The summed E-state index contributed by atoms with van der Waals surface area (Å²) in [6, 6.07) is 5.75. The van der Waals surface area contributed by atoms with Gasteiger partial charge in [0, 0.05) is 30.9 Å². The van der Waals surface area contributed by atoms with E-state index in [-0.39, 0.29) is 5.91 Å². The third kappa shape index (κ3) is 4.06. The average Bonchev–Trinajstić information content (AvgIpc) is 3.09. The lowest BCUT2D eigenvalue weighted by molar-refractivity contribution is 0.0937. The second kappa shape index (κ2) is 7.95. The quantitative estimate of drug-likeness (QED) is 0.338. The van der Waals surface area contributed by atoms with Crippen LogP contribution < -0.4 is 10.6 Å². The highest BCUT2D eigenvalue weighted by molar-refractivity contribution is 7.98. The van der Waals surface area contributed by atoms with Crippen LogP contribution in [0.5, 0.6) is 0 Å². The maximum atomic E-state index is 12.4. The Morgan fingerprint density at radius 2 is 2.24 bits per heavy atom. The molecule has 0 aliphatic rings. The van der Waals surface area contributed by atoms with Gasteiger partial charge in [0.15, 0.2) is 5.16 Å². The van der Waals surface area contributed by atoms with Crippen LogP contribution in [0.25, 0.3) is 10.9 Å². The van der Waals surface area contributed by atoms with Gasteiger partial charge in [-0.2, -0.15) is 5.10 Å². The Kier molecular flexibility index (Phi) is 5.46. The normalized spacial score (nSPS) is 10.8. The van der Waals surface area contributed by atoms with Gasteiger partial charge in [0.05, 0.1) is 18.3 Å². The van der Waals surface area contributed by atoms with Gasteiger partial charge >= 0.3 is 0 Å². The van der Waals surface area contributed by atoms with E-state index >= 15 is 0 Å². The molecule has 3 aromatic rings. The van der Waals surface area contributed by atoms with Gasteiger partial charge in [0.1, 0.15) is 11.4 Å². The third-order valence-corrected chi connectivity index (χ3v) is 4.05. The Hall–Kier alpha value is -2.65. The van der Waals surface area contributed by atoms with E-state index in [0.717, 1.165) is 16.6 Å². The molecule has 0 atom stereocenters. The van der Waals surface area contributed by atoms with Gasteiger partial charge in [0.2, 0.25) is 0 Å². The Morgan fingerprint density at radius 1 is 1.36 bits per heavy atom. The van der Waals surface area contributed by atoms with Gasteiger partial charge in [-0.3, -0.25) is 9.89 Å². The summed E-state index contributed by atoms with van der Waals surface area (Å²) in [4.78, 5) is 21.0. The number of nitrogens with zero attached hydrogens (tertiary/aromatic N) is 3. The molecule has 0 saturated heterocycles. The van der Waals surface area contributed by atoms with Crippen molar-refractivity contribution in [1.82, 2.24) is 25.5 Å². The molecule has 2 heterocycles. The third-order valence-electron chi connectivity index (χ3n) is 3.49. The standard InChI is InChI=1S/C16H18N6O2S/c1-24-6-5-17-15(23)12-9-18-16(25-2)21-14(12)20-11-3-4-13-10(7-11)8-19-22-13/h3-4,7-9H,5-6H2,1-2H3,(H,17,23)(H,19,22)(H,18,20,21). The van der Waals surface area contributed by atoms with E-state index in [2.05, 4.69) is 30.8 Å². The van der Waals surface area contributed by atoms with Crippen LogP contribution in [0.1, 0.15) is 10.4 Å². The molecule has 0 aliphatic carbocycles. The zero-order chi connectivity index (χ0) is 17.6. The number of rotatable bonds is 7. The summed E-state index contributed by atoms with van der Waals surface area (Å²) in [5, 5.41) is 14.4. The highest BCUT2D eigenvalue weighted by Gasteiger charge is 2.15. The zero-order valence-electron chi connectivity index (χ0n) is 13.9. The fraction of sp³-hybridized carbons (Fsp3) is 0.250. The summed E-state index contributed by atoms with van der Waals surface area (Å²) in [6.45, 7) is 0.857. The van der Waals surface area contributed by atoms with Crippen molar-refractivity contribution in [3.8, 4) is 0 Å². The van der Waals surface area contributed by atoms with Crippen molar-refractivity contribution < 1.29 is 9.53 Å². The lowest BCUT2D eigenvalue weighted by atomic mass is 10.2. The molecule has 0 bridgehead atoms. The van der Waals surface area contributed by atoms with Crippen molar-refractivity contribution in [3.63, 3.8) is 0 Å². The highest BCUT2D eigenvalue weighted by Crippen LogP contribution is 2.23. The van der Waals surface area contributed by atoms with Crippen molar-refractivity contribution in [2.75, 3.05) is 31.8 Å². The highest BCUT2D eigenvalue weighted by atomic mass is 32.2. The second-order valence-corrected chi connectivity index (χ2v) is 5.94. The van der Waals surface area contributed by atoms with Crippen LogP contribution in [-0.2, 0) is 4.74 Å². The summed E-state index contributed by atoms with van der Waals surface area (Å²) in [6.07, 6.45) is 5.15. The Balaban J connectivity index is 1.88. The first kappa shape index (κ1) is 17.2. The van der Waals surface area contributed by atoms with E-state index in [9.17, 15) is 4.79 Å². The number of aromatic nitrogens is 4. The molecule has 2 aromatic heterocycles. The molecular formula is C16H18N6O2S. The van der Waals surface area contributed by atoms with Gasteiger partial charge in [0.25, 0.3) is 5.91 Å². The van der Waals surface area contributed by atoms with E-state index in [0.29, 0.717) is 29.7 Å². The molecule has 0 unspecified atom stereocenters. The summed E-state index contributed by atoms with van der Waals surface area (Å²) in [5.74, 6) is 0.203. The minimum absolute atomic E-state index is 0.253. The molecule has 130 valence electrons. The molecule has 25 heavy (non-hydrogen) atoms. The lowest BCUT2D eigenvalue weighted by Crippen LogP contribution is -2.28. The number of ether oxygens (including phenoxy) is 1. The maximum absolute atomic E-state index is 12.4. The molecule has 3 rings (SSSR count). The SMILES string of the molecule is COCCNC(=O)c1cnc(SC)nc1Nc1ccc2[nH]ncc2c1. The fourth-order valence-corrected chi connectivity index (χ4v) is 2.59. The maximum Gasteiger partial charge on any atom is 0.256 e. The largest absolute Gasteiger partial charge is 0.383 e. The Bertz CT molecular complexity index is 882. The monoisotopic (exact) mass is 358 g/mol. The van der Waals surface area contributed by atoms with E-state index < -0.39 is 0 Å². The van der Waals surface area contributed by atoms with Crippen molar-refractivity contribution >= 4 is 40.1 Å². The van der Waals surface area contributed by atoms with Gasteiger partial charge in [-0.05, 0) is 24.5 Å². The van der Waals surface area contributed by atoms with Crippen molar-refractivity contribution in [2.45, 2.75) is 5.16 Å². The number of carbonyl (C=O) groups is 1. The van der Waals surface area contributed by atoms with Crippen LogP contribution in [0.4, 0.5) is 11.5 Å². The van der Waals surface area contributed by atoms with Crippen LogP contribution in [0, 0.1) is 0 Å². The predicted molar refractivity (Wildman–Crippen MR) is 97.4 cm³/mol. The molecule has 0 aliphatic heterocycles. The van der Waals surface area contributed by atoms with Crippen molar-refractivity contribution in [3.05, 3.63) is 36.2 Å². The summed E-state index contributed by atoms with van der Waals surface area (Å²) >= 11 is 1.41. The van der Waals surface area contributed by atoms with E-state index in [1.54, 1.807) is 13.3 Å². The molecular weight excluding hydrogens is 340 g/mol. The summed E-state index contributed by atoms with van der Waals surface area (Å²) in [5.41, 5.74) is 2.13. The first-order valence-electron chi connectivity index (χ1n) is 7.59. The van der Waals surface area contributed by atoms with Gasteiger partial charge < -0.3 is 15.4 Å². The molecule has 3 N–H and O–H groups in total. The fourth-order valence-electron chi connectivity index (χ4n) is 2.24. The molecule has 0 spiro atoms. The van der Waals surface area contributed by atoms with Crippen molar-refractivity contribution in [2.24, 2.45) is 0 Å². The number of hydrogen-bond acceptors (Lipinski definition) is 7. The minimum atomic E-state index is -0.253. The molecule has 1 aromatic carbocycles. The lowest BCUT2D eigenvalue weighted by Gasteiger charge is -2.12. The van der Waals surface area contributed by atoms with Crippen LogP contribution in [0.2, 0.25) is 0 Å². The Labute approximate surface area is 148 Å². The Morgan fingerprint density at radius 3 is 3.04 bits per heavy atom. The molecule has 0 saturated carbocycles. The number of aromatic amines is 1. The number of carbonyl (C=O) groups excluding carboxylic acids is 1. The van der Waals surface area contributed by atoms with E-state index in [1.165, 1.54) is 18.0 Å². The second-order valence-electron chi connectivity index (χ2n) is 5.16. The molecule has 1 amide bonds. The van der Waals surface area contributed by atoms with E-state index in [4.69, 9.17) is 4.74 Å². The number of anilines is 2. The van der Waals surface area contributed by atoms with Gasteiger partial charge in [-0.25, -0.2) is 9.97 Å². The number of benzene rings is 1. The van der Waals surface area contributed by atoms with Crippen molar-refractivity contribution in [1.29, 1.82) is 0 Å². The van der Waals surface area contributed by atoms with Crippen LogP contribution in [0.15, 0.2) is 35.7 Å². The number of nitrogens with one attached hydrogen (secondary N) is 3. The van der Waals surface area contributed by atoms with Gasteiger partial charge in [-0.15, -0.1) is 0 Å². The van der Waals surface area contributed by atoms with Crippen LogP contribution >= 0.6 is 11.8 Å². The van der Waals surface area contributed by atoms with Gasteiger partial charge in [-0.1, -0.05) is 11.8 Å². The predicted octanol–water partition coefficient (Wildman–Crippen LogP) is 2.19. The smallest absolute Gasteiger partial charge is 0.256 e. The average molecular weight is 358 g/mol. The molecule has 0 fully saturated rings. The van der Waals surface area contributed by atoms with Crippen LogP contribution in [0.3, 0.4) is 0 Å². The molecule has 9 heteroatoms. The summed E-state index contributed by atoms with van der Waals surface area (Å²) in [7, 11) is 1.58. The topological polar surface area (TPSA) is 105 Å². The number of hydrogen-bond donors (Lipinski definition) is 3. The first-order chi connectivity index (χ1) is 12.2. The van der Waals surface area contributed by atoms with E-state index in [1.807, 2.05) is 24.5 Å². The molecule has 0 radical (unpaired) electrons. The number of amides is 1. The molecule has 8 nitrogen and oxygen atoms in total. The number of fused-ring (bicyclic) bond motifs is 1. The zero-order valence-corrected chi connectivity index (χ0v) is 14.7. The van der Waals surface area contributed by atoms with Crippen LogP contribution in [-0.4, -0.2) is 52.6 Å². The number of thioether (sulfide) groups is 1.